The van der Waals surface area contributed by atoms with E-state index >= 15 is 0 Å². The van der Waals surface area contributed by atoms with Gasteiger partial charge >= 0.3 is 0 Å². The van der Waals surface area contributed by atoms with Crippen LogP contribution < -0.4 is 15.8 Å². The molecule has 0 spiro atoms. The highest BCUT2D eigenvalue weighted by molar-refractivity contribution is 5.76. The van der Waals surface area contributed by atoms with Gasteiger partial charge in [-0.3, -0.25) is 9.80 Å². The number of fused-ring (bicyclic) bond motifs is 1. The van der Waals surface area contributed by atoms with Crippen LogP contribution in [0.15, 0.2) is 114 Å². The Bertz CT molecular complexity index is 1480. The number of nitrogens with one attached hydrogen (secondary N) is 2. The molecular weight excluding hydrogens is 501 g/mol. The molecule has 1 heterocycles. The van der Waals surface area contributed by atoms with Gasteiger partial charge in [0.15, 0.2) is 0 Å². The lowest BCUT2D eigenvalue weighted by atomic mass is 9.78. The maximum absolute atomic E-state index is 13.5. The minimum absolute atomic E-state index is 0.0330. The largest absolute Gasteiger partial charge is 0.508 e. The second-order valence-electron chi connectivity index (χ2n) is 10.9. The predicted octanol–water partition coefficient (Wildman–Crippen LogP) is 6.86. The number of aryl methyl sites for hydroxylation is 1. The second-order valence-corrected chi connectivity index (χ2v) is 10.9. The van der Waals surface area contributed by atoms with Crippen LogP contribution >= 0.6 is 0 Å². The Morgan fingerprint density at radius 1 is 1.07 bits per heavy atom. The van der Waals surface area contributed by atoms with E-state index in [1.807, 2.05) is 35.3 Å². The summed E-state index contributed by atoms with van der Waals surface area (Å²) >= 11 is 0. The highest BCUT2D eigenvalue weighted by atomic mass is 19.1. The van der Waals surface area contributed by atoms with E-state index in [-0.39, 0.29) is 29.4 Å². The van der Waals surface area contributed by atoms with Crippen molar-refractivity contribution in [1.29, 1.82) is 0 Å². The molecule has 3 aromatic rings. The molecule has 6 rings (SSSR count). The zero-order valence-corrected chi connectivity index (χ0v) is 22.6. The van der Waals surface area contributed by atoms with Crippen molar-refractivity contribution in [3.05, 3.63) is 130 Å². The Morgan fingerprint density at radius 3 is 2.58 bits per heavy atom. The number of hydrazine groups is 1. The number of hydrogen-bond donors (Lipinski definition) is 3. The van der Waals surface area contributed by atoms with Crippen LogP contribution in [0.1, 0.15) is 49.8 Å². The van der Waals surface area contributed by atoms with Crippen LogP contribution in [0, 0.1) is 17.7 Å². The van der Waals surface area contributed by atoms with Crippen LogP contribution in [0.25, 0.3) is 0 Å². The van der Waals surface area contributed by atoms with Crippen molar-refractivity contribution >= 4 is 11.6 Å². The van der Waals surface area contributed by atoms with Gasteiger partial charge < -0.3 is 15.8 Å². The number of benzene rings is 3. The molecule has 40 heavy (non-hydrogen) atoms. The summed E-state index contributed by atoms with van der Waals surface area (Å²) in [5.41, 5.74) is 11.6. The average molecular weight is 536 g/mol. The van der Waals surface area contributed by atoms with Crippen molar-refractivity contribution in [2.75, 3.05) is 5.01 Å². The number of amides is 1. The number of nitrogens with zero attached hydrogens (tertiary/aromatic N) is 1. The van der Waals surface area contributed by atoms with Gasteiger partial charge in [-0.25, -0.2) is 4.39 Å². The smallest absolute Gasteiger partial charge is 0.220 e. The van der Waals surface area contributed by atoms with Crippen LogP contribution in [0.2, 0.25) is 0 Å². The summed E-state index contributed by atoms with van der Waals surface area (Å²) in [4.78, 5) is 13.1. The molecular formula is C34H34FN3O2. The summed E-state index contributed by atoms with van der Waals surface area (Å²) < 4.78 is 13.5. The molecule has 0 saturated heterocycles. The summed E-state index contributed by atoms with van der Waals surface area (Å²) in [7, 11) is 0. The first-order valence-electron chi connectivity index (χ1n) is 14.1. The number of phenolic OH excluding ortho intramolecular Hbond substituents is 1. The Balaban J connectivity index is 1.20. The van der Waals surface area contributed by atoms with E-state index in [2.05, 4.69) is 42.1 Å². The van der Waals surface area contributed by atoms with E-state index in [1.54, 1.807) is 24.3 Å². The maximum atomic E-state index is 13.5. The molecule has 5 nitrogen and oxygen atoms in total. The first kappa shape index (κ1) is 25.9. The minimum atomic E-state index is -0.244. The predicted molar refractivity (Wildman–Crippen MR) is 155 cm³/mol. The molecule has 3 aliphatic rings. The highest BCUT2D eigenvalue weighted by Gasteiger charge is 2.39. The Morgan fingerprint density at radius 2 is 1.82 bits per heavy atom. The van der Waals surface area contributed by atoms with E-state index in [0.29, 0.717) is 18.8 Å². The summed E-state index contributed by atoms with van der Waals surface area (Å²) in [5.74, 6) is 0.638. The topological polar surface area (TPSA) is 64.6 Å². The first-order valence-corrected chi connectivity index (χ1v) is 14.1. The third-order valence-corrected chi connectivity index (χ3v) is 8.42. The van der Waals surface area contributed by atoms with Crippen LogP contribution in [0.5, 0.6) is 5.75 Å². The molecule has 1 unspecified atom stereocenters. The van der Waals surface area contributed by atoms with Gasteiger partial charge in [-0.15, -0.1) is 0 Å². The fourth-order valence-corrected chi connectivity index (χ4v) is 6.40. The van der Waals surface area contributed by atoms with Gasteiger partial charge in [0.05, 0.1) is 17.4 Å². The summed E-state index contributed by atoms with van der Waals surface area (Å²) in [5, 5.41) is 14.9. The van der Waals surface area contributed by atoms with Gasteiger partial charge in [0.2, 0.25) is 5.91 Å². The van der Waals surface area contributed by atoms with Gasteiger partial charge in [0, 0.05) is 24.1 Å². The number of rotatable bonds is 8. The van der Waals surface area contributed by atoms with Crippen molar-refractivity contribution in [2.45, 2.75) is 45.1 Å². The highest BCUT2D eigenvalue weighted by Crippen LogP contribution is 2.49. The first-order chi connectivity index (χ1) is 19.5. The maximum Gasteiger partial charge on any atom is 0.220 e. The van der Waals surface area contributed by atoms with E-state index in [4.69, 9.17) is 0 Å². The number of carbonyl (C=O) groups excluding carboxylic acids is 1. The molecule has 1 amide bonds. The second kappa shape index (κ2) is 11.0. The number of halogens is 1. The number of anilines is 1. The zero-order valence-electron chi connectivity index (χ0n) is 22.6. The van der Waals surface area contributed by atoms with Crippen LogP contribution in [0.4, 0.5) is 10.1 Å². The van der Waals surface area contributed by atoms with Crippen LogP contribution in [-0.2, 0) is 11.2 Å². The quantitative estimate of drug-likeness (QED) is 0.295. The van der Waals surface area contributed by atoms with Crippen molar-refractivity contribution in [3.8, 4) is 5.75 Å². The lowest BCUT2D eigenvalue weighted by Gasteiger charge is -2.31. The summed E-state index contributed by atoms with van der Waals surface area (Å²) in [6.45, 7) is 2.27. The normalized spacial score (nSPS) is 20.3. The molecule has 3 N–H and O–H groups in total. The number of phenols is 1. The summed E-state index contributed by atoms with van der Waals surface area (Å²) in [6, 6.07) is 23.8. The van der Waals surface area contributed by atoms with Crippen molar-refractivity contribution in [2.24, 2.45) is 11.8 Å². The molecule has 0 bridgehead atoms. The zero-order chi connectivity index (χ0) is 27.6. The van der Waals surface area contributed by atoms with Gasteiger partial charge in [-0.1, -0.05) is 55.0 Å². The average Bonchev–Trinajstić information content (AvgIpc) is 3.58. The van der Waals surface area contributed by atoms with Crippen LogP contribution in [0.3, 0.4) is 0 Å². The van der Waals surface area contributed by atoms with Gasteiger partial charge in [0.1, 0.15) is 11.6 Å². The molecule has 2 aliphatic carbocycles. The monoisotopic (exact) mass is 535 g/mol. The van der Waals surface area contributed by atoms with Gasteiger partial charge in [-0.2, -0.15) is 0 Å². The fourth-order valence-electron chi connectivity index (χ4n) is 6.40. The molecule has 0 fully saturated rings. The Labute approximate surface area is 234 Å². The van der Waals surface area contributed by atoms with Crippen molar-refractivity contribution in [1.82, 2.24) is 10.7 Å². The SMILES string of the molecule is C[C@H]1C2=CNN(c3ccc(F)cc3)C2=CC2=C1[C@@H](CC(NC(=O)CCc1ccc(O)cc1)c1ccccc1)CC2. The molecule has 0 radical (unpaired) electrons. The Kier molecular flexibility index (Phi) is 7.16. The molecule has 204 valence electrons. The lowest BCUT2D eigenvalue weighted by molar-refractivity contribution is -0.121. The van der Waals surface area contributed by atoms with E-state index in [0.717, 1.165) is 41.8 Å². The van der Waals surface area contributed by atoms with Gasteiger partial charge in [0.25, 0.3) is 0 Å². The minimum Gasteiger partial charge on any atom is -0.508 e. The third kappa shape index (κ3) is 5.26. The van der Waals surface area contributed by atoms with Crippen molar-refractivity contribution < 1.29 is 14.3 Å². The van der Waals surface area contributed by atoms with Gasteiger partial charge in [-0.05, 0) is 90.8 Å². The molecule has 0 saturated carbocycles. The van der Waals surface area contributed by atoms with E-state index in [9.17, 15) is 14.3 Å². The number of hydrogen-bond acceptors (Lipinski definition) is 4. The van der Waals surface area contributed by atoms with E-state index in [1.165, 1.54) is 28.9 Å². The molecule has 3 aromatic carbocycles. The standard InChI is InChI=1S/C34H34FN3O2/c1-22-30-21-36-38(28-14-12-27(35)13-15-28)32(30)20-26-11-10-25(34(22)26)19-31(24-5-3-2-4-6-24)37-33(40)18-9-23-7-16-29(39)17-8-23/h2-8,12-17,20-22,25,31,36,39H,9-11,18-19H2,1H3,(H,37,40)/t22-,25+,31?/m0/s1. The third-order valence-electron chi connectivity index (χ3n) is 8.42. The number of aromatic hydroxyl groups is 1. The molecule has 0 aromatic heterocycles. The van der Waals surface area contributed by atoms with E-state index < -0.39 is 0 Å². The summed E-state index contributed by atoms with van der Waals surface area (Å²) in [6.07, 6.45) is 8.30. The van der Waals surface area contributed by atoms with Crippen LogP contribution in [-0.4, -0.2) is 11.0 Å². The Hall–Kier alpha value is -4.32. The number of carbonyl (C=O) groups is 1. The molecule has 1 aliphatic heterocycles. The van der Waals surface area contributed by atoms with Crippen molar-refractivity contribution in [3.63, 3.8) is 0 Å². The molecule has 3 atom stereocenters. The lowest BCUT2D eigenvalue weighted by Crippen LogP contribution is -2.31. The fraction of sp³-hybridized carbons (Fsp3) is 0.265. The number of allylic oxidation sites excluding steroid dienone is 4. The molecule has 6 heteroatoms.